The van der Waals surface area contributed by atoms with E-state index in [1.165, 1.54) is 23.3 Å². The summed E-state index contributed by atoms with van der Waals surface area (Å²) >= 11 is 1.82. The number of nitrogens with zero attached hydrogens (tertiary/aromatic N) is 2. The molecule has 0 radical (unpaired) electrons. The molecule has 5 heteroatoms. The second kappa shape index (κ2) is 5.00. The Morgan fingerprint density at radius 2 is 2.05 bits per heavy atom. The van der Waals surface area contributed by atoms with Crippen LogP contribution in [0.2, 0.25) is 0 Å². The maximum atomic E-state index is 5.71. The summed E-state index contributed by atoms with van der Waals surface area (Å²) in [6.07, 6.45) is 3.42. The van der Waals surface area contributed by atoms with E-state index in [-0.39, 0.29) is 5.92 Å². The predicted octanol–water partition coefficient (Wildman–Crippen LogP) is 3.85. The molecule has 0 bridgehead atoms. The zero-order valence-electron chi connectivity index (χ0n) is 11.5. The zero-order chi connectivity index (χ0) is 14.2. The Labute approximate surface area is 126 Å². The van der Waals surface area contributed by atoms with Crippen LogP contribution in [0.3, 0.4) is 0 Å². The third-order valence-corrected chi connectivity index (χ3v) is 4.96. The van der Waals surface area contributed by atoms with Gasteiger partial charge in [0, 0.05) is 16.1 Å². The second-order valence-electron chi connectivity index (χ2n) is 5.32. The fourth-order valence-corrected chi connectivity index (χ4v) is 3.86. The van der Waals surface area contributed by atoms with Gasteiger partial charge in [0.2, 0.25) is 11.7 Å². The Morgan fingerprint density at radius 1 is 1.19 bits per heavy atom. The molecule has 2 heterocycles. The lowest BCUT2D eigenvalue weighted by molar-refractivity contribution is 0.355. The van der Waals surface area contributed by atoms with Gasteiger partial charge in [-0.05, 0) is 60.5 Å². The second-order valence-corrected chi connectivity index (χ2v) is 6.32. The Kier molecular flexibility index (Phi) is 3.00. The molecule has 0 spiro atoms. The van der Waals surface area contributed by atoms with Crippen LogP contribution >= 0.6 is 11.3 Å². The van der Waals surface area contributed by atoms with E-state index in [2.05, 4.69) is 21.6 Å². The van der Waals surface area contributed by atoms with Crippen molar-refractivity contribution in [2.24, 2.45) is 0 Å². The third-order valence-electron chi connectivity index (χ3n) is 3.96. The minimum atomic E-state index is 0.245. The van der Waals surface area contributed by atoms with Crippen LogP contribution in [0.1, 0.15) is 35.1 Å². The molecule has 0 saturated heterocycles. The van der Waals surface area contributed by atoms with Gasteiger partial charge in [-0.2, -0.15) is 4.98 Å². The van der Waals surface area contributed by atoms with Gasteiger partial charge in [0.15, 0.2) is 0 Å². The maximum Gasteiger partial charge on any atom is 0.234 e. The van der Waals surface area contributed by atoms with Crippen molar-refractivity contribution in [3.63, 3.8) is 0 Å². The van der Waals surface area contributed by atoms with Gasteiger partial charge in [0.1, 0.15) is 0 Å². The van der Waals surface area contributed by atoms with Crippen LogP contribution in [0.4, 0.5) is 5.69 Å². The number of thiophene rings is 1. The minimum absolute atomic E-state index is 0.245. The Morgan fingerprint density at radius 3 is 2.90 bits per heavy atom. The van der Waals surface area contributed by atoms with Gasteiger partial charge in [-0.15, -0.1) is 11.3 Å². The molecule has 1 aliphatic rings. The van der Waals surface area contributed by atoms with Crippen LogP contribution in [0.25, 0.3) is 11.4 Å². The molecule has 0 amide bonds. The first kappa shape index (κ1) is 12.6. The Hall–Kier alpha value is -2.14. The topological polar surface area (TPSA) is 64.9 Å². The van der Waals surface area contributed by atoms with Gasteiger partial charge >= 0.3 is 0 Å². The largest absolute Gasteiger partial charge is 0.399 e. The number of nitrogens with two attached hydrogens (primary N) is 1. The number of hydrogen-bond donors (Lipinski definition) is 1. The standard InChI is InChI=1S/C16H15N3OS/c17-11-6-4-10(5-7-11)15-18-16(20-19-15)13-2-1-3-14-12(13)8-9-21-14/h4-9,13H,1-3,17H2. The Bertz CT molecular complexity index is 760. The molecule has 2 N–H and O–H groups in total. The van der Waals surface area contributed by atoms with Crippen molar-refractivity contribution in [2.45, 2.75) is 25.2 Å². The molecule has 1 unspecified atom stereocenters. The first-order valence-corrected chi connectivity index (χ1v) is 7.95. The van der Waals surface area contributed by atoms with Crippen LogP contribution in [0.15, 0.2) is 40.2 Å². The number of aryl methyl sites for hydroxylation is 1. The van der Waals surface area contributed by atoms with Crippen molar-refractivity contribution < 1.29 is 4.52 Å². The highest BCUT2D eigenvalue weighted by Crippen LogP contribution is 2.38. The van der Waals surface area contributed by atoms with Crippen molar-refractivity contribution in [2.75, 3.05) is 5.73 Å². The van der Waals surface area contributed by atoms with Gasteiger partial charge in [-0.25, -0.2) is 0 Å². The molecule has 4 nitrogen and oxygen atoms in total. The van der Waals surface area contributed by atoms with E-state index < -0.39 is 0 Å². The highest BCUT2D eigenvalue weighted by Gasteiger charge is 2.27. The van der Waals surface area contributed by atoms with Crippen LogP contribution in [0.5, 0.6) is 0 Å². The van der Waals surface area contributed by atoms with Crippen LogP contribution in [-0.2, 0) is 6.42 Å². The molecule has 106 valence electrons. The number of hydrogen-bond acceptors (Lipinski definition) is 5. The molecule has 1 aliphatic carbocycles. The van der Waals surface area contributed by atoms with Gasteiger partial charge in [0.25, 0.3) is 0 Å². The lowest BCUT2D eigenvalue weighted by atomic mass is 9.88. The summed E-state index contributed by atoms with van der Waals surface area (Å²) in [5.74, 6) is 1.60. The van der Waals surface area contributed by atoms with Crippen molar-refractivity contribution in [1.29, 1.82) is 0 Å². The summed E-state index contributed by atoms with van der Waals surface area (Å²) in [7, 11) is 0. The quantitative estimate of drug-likeness (QED) is 0.730. The molecule has 0 aliphatic heterocycles. The van der Waals surface area contributed by atoms with E-state index in [9.17, 15) is 0 Å². The van der Waals surface area contributed by atoms with Gasteiger partial charge in [0.05, 0.1) is 5.92 Å². The Balaban J connectivity index is 1.68. The van der Waals surface area contributed by atoms with Crippen LogP contribution in [0, 0.1) is 0 Å². The molecule has 21 heavy (non-hydrogen) atoms. The predicted molar refractivity (Wildman–Crippen MR) is 83.2 cm³/mol. The van der Waals surface area contributed by atoms with Gasteiger partial charge in [-0.1, -0.05) is 5.16 Å². The van der Waals surface area contributed by atoms with E-state index in [1.54, 1.807) is 0 Å². The first-order valence-electron chi connectivity index (χ1n) is 7.07. The van der Waals surface area contributed by atoms with Crippen molar-refractivity contribution in [1.82, 2.24) is 10.1 Å². The minimum Gasteiger partial charge on any atom is -0.399 e. The maximum absolute atomic E-state index is 5.71. The molecule has 4 rings (SSSR count). The lowest BCUT2D eigenvalue weighted by Crippen LogP contribution is -2.08. The average Bonchev–Trinajstić information content (AvgIpc) is 3.16. The van der Waals surface area contributed by atoms with Crippen LogP contribution in [-0.4, -0.2) is 10.1 Å². The number of rotatable bonds is 2. The molecule has 3 aromatic rings. The number of aromatic nitrogens is 2. The molecule has 0 saturated carbocycles. The molecular weight excluding hydrogens is 282 g/mol. The summed E-state index contributed by atoms with van der Waals surface area (Å²) in [5, 5.41) is 6.28. The monoisotopic (exact) mass is 297 g/mol. The highest BCUT2D eigenvalue weighted by molar-refractivity contribution is 7.10. The molecule has 1 atom stereocenters. The third kappa shape index (κ3) is 2.23. The van der Waals surface area contributed by atoms with E-state index in [0.717, 1.165) is 23.6 Å². The average molecular weight is 297 g/mol. The summed E-state index contributed by atoms with van der Waals surface area (Å²) < 4.78 is 5.53. The fourth-order valence-electron chi connectivity index (χ4n) is 2.87. The SMILES string of the molecule is Nc1ccc(-c2noc(C3CCCc4sccc43)n2)cc1. The van der Waals surface area contributed by atoms with Gasteiger partial charge in [-0.3, -0.25) is 0 Å². The van der Waals surface area contributed by atoms with Gasteiger partial charge < -0.3 is 10.3 Å². The summed E-state index contributed by atoms with van der Waals surface area (Å²) in [6, 6.07) is 9.73. The zero-order valence-corrected chi connectivity index (χ0v) is 12.3. The van der Waals surface area contributed by atoms with Crippen molar-refractivity contribution in [3.8, 4) is 11.4 Å². The number of benzene rings is 1. The van der Waals surface area contributed by atoms with E-state index in [1.807, 2.05) is 35.6 Å². The summed E-state index contributed by atoms with van der Waals surface area (Å²) in [4.78, 5) is 6.06. The summed E-state index contributed by atoms with van der Waals surface area (Å²) in [6.45, 7) is 0. The first-order chi connectivity index (χ1) is 10.3. The van der Waals surface area contributed by atoms with E-state index in [0.29, 0.717) is 5.82 Å². The highest BCUT2D eigenvalue weighted by atomic mass is 32.1. The molecule has 1 aromatic carbocycles. The van der Waals surface area contributed by atoms with Crippen molar-refractivity contribution in [3.05, 3.63) is 52.0 Å². The van der Waals surface area contributed by atoms with Crippen LogP contribution < -0.4 is 5.73 Å². The number of anilines is 1. The normalized spacial score (nSPS) is 17.6. The fraction of sp³-hybridized carbons (Fsp3) is 0.250. The summed E-state index contributed by atoms with van der Waals surface area (Å²) in [5.41, 5.74) is 8.73. The van der Waals surface area contributed by atoms with E-state index in [4.69, 9.17) is 10.3 Å². The smallest absolute Gasteiger partial charge is 0.234 e. The van der Waals surface area contributed by atoms with E-state index >= 15 is 0 Å². The molecule has 0 fully saturated rings. The molecule has 2 aromatic heterocycles. The van der Waals surface area contributed by atoms with Crippen molar-refractivity contribution >= 4 is 17.0 Å². The lowest BCUT2D eigenvalue weighted by Gasteiger charge is -2.18. The number of nitrogen functional groups attached to an aromatic ring is 1. The molecular formula is C16H15N3OS. The number of fused-ring (bicyclic) bond motifs is 1.